The lowest BCUT2D eigenvalue weighted by atomic mass is 10.1. The van der Waals surface area contributed by atoms with Crippen LogP contribution in [0.3, 0.4) is 0 Å². The lowest BCUT2D eigenvalue weighted by molar-refractivity contribution is 0.247. The summed E-state index contributed by atoms with van der Waals surface area (Å²) in [6.07, 6.45) is 1.39. The van der Waals surface area contributed by atoms with E-state index in [0.717, 1.165) is 0 Å². The standard InChI is InChI=1S/C8H11O4P/c1-5-6(2)7(3)8(4)12-13(9,10)11/h5H,1-4H2,(H2,9,10,11). The molecule has 72 valence electrons. The van der Waals surface area contributed by atoms with Gasteiger partial charge in [0.15, 0.2) is 0 Å². The first-order valence-corrected chi connectivity index (χ1v) is 4.76. The van der Waals surface area contributed by atoms with Crippen LogP contribution in [0.15, 0.2) is 49.3 Å². The summed E-state index contributed by atoms with van der Waals surface area (Å²) < 4.78 is 14.6. The SMILES string of the molecule is C=CC(=C)C(=C)C(=C)OP(=O)(O)O. The van der Waals surface area contributed by atoms with Crippen molar-refractivity contribution in [3.63, 3.8) is 0 Å². The van der Waals surface area contributed by atoms with Gasteiger partial charge in [0, 0.05) is 5.57 Å². The second kappa shape index (κ2) is 4.23. The van der Waals surface area contributed by atoms with E-state index in [1.54, 1.807) is 0 Å². The normalized spacial score (nSPS) is 10.3. The lowest BCUT2D eigenvalue weighted by Crippen LogP contribution is -1.93. The van der Waals surface area contributed by atoms with Crippen LogP contribution in [0.25, 0.3) is 0 Å². The molecule has 5 heteroatoms. The fourth-order valence-corrected chi connectivity index (χ4v) is 0.898. The van der Waals surface area contributed by atoms with E-state index in [1.165, 1.54) is 6.08 Å². The number of hydrogen-bond acceptors (Lipinski definition) is 2. The first kappa shape index (κ1) is 11.9. The number of hydrogen-bond donors (Lipinski definition) is 2. The van der Waals surface area contributed by atoms with Gasteiger partial charge in [0.2, 0.25) is 0 Å². The molecular formula is C8H11O4P. The monoisotopic (exact) mass is 202 g/mol. The summed E-state index contributed by atoms with van der Waals surface area (Å²) in [7, 11) is -4.56. The van der Waals surface area contributed by atoms with Crippen LogP contribution in [0, 0.1) is 0 Å². The largest absolute Gasteiger partial charge is 0.524 e. The summed E-state index contributed by atoms with van der Waals surface area (Å²) >= 11 is 0. The first-order valence-electron chi connectivity index (χ1n) is 3.23. The van der Waals surface area contributed by atoms with Gasteiger partial charge < -0.3 is 4.52 Å². The zero-order valence-electron chi connectivity index (χ0n) is 7.06. The van der Waals surface area contributed by atoms with E-state index in [9.17, 15) is 4.57 Å². The highest BCUT2D eigenvalue weighted by Gasteiger charge is 2.18. The molecule has 0 bridgehead atoms. The molecule has 0 aromatic rings. The molecular weight excluding hydrogens is 191 g/mol. The topological polar surface area (TPSA) is 66.8 Å². The second-order valence-corrected chi connectivity index (χ2v) is 3.38. The molecule has 0 aromatic carbocycles. The molecule has 0 unspecified atom stereocenters. The van der Waals surface area contributed by atoms with E-state index in [4.69, 9.17) is 9.79 Å². The van der Waals surface area contributed by atoms with E-state index in [0.29, 0.717) is 5.57 Å². The van der Waals surface area contributed by atoms with Crippen LogP contribution in [-0.4, -0.2) is 9.79 Å². The summed E-state index contributed by atoms with van der Waals surface area (Å²) in [5.74, 6) is -0.210. The highest BCUT2D eigenvalue weighted by molar-refractivity contribution is 7.46. The van der Waals surface area contributed by atoms with Crippen molar-refractivity contribution in [2.24, 2.45) is 0 Å². The number of allylic oxidation sites excluding steroid dienone is 2. The van der Waals surface area contributed by atoms with E-state index in [1.807, 2.05) is 0 Å². The molecule has 0 amide bonds. The van der Waals surface area contributed by atoms with Crippen LogP contribution in [0.1, 0.15) is 0 Å². The van der Waals surface area contributed by atoms with Gasteiger partial charge in [0.05, 0.1) is 0 Å². The Kier molecular flexibility index (Phi) is 3.88. The molecule has 0 heterocycles. The van der Waals surface area contributed by atoms with Crippen molar-refractivity contribution in [3.05, 3.63) is 49.3 Å². The maximum Gasteiger partial charge on any atom is 0.524 e. The highest BCUT2D eigenvalue weighted by atomic mass is 31.2. The number of rotatable bonds is 5. The lowest BCUT2D eigenvalue weighted by Gasteiger charge is -2.11. The van der Waals surface area contributed by atoms with Crippen molar-refractivity contribution < 1.29 is 18.9 Å². The van der Waals surface area contributed by atoms with Crippen molar-refractivity contribution >= 4 is 7.82 Å². The van der Waals surface area contributed by atoms with E-state index < -0.39 is 7.82 Å². The summed E-state index contributed by atoms with van der Waals surface area (Å²) in [5, 5.41) is 0. The third-order valence-corrected chi connectivity index (χ3v) is 1.66. The van der Waals surface area contributed by atoms with Crippen molar-refractivity contribution in [1.82, 2.24) is 0 Å². The Hall–Kier alpha value is -1.09. The fraction of sp³-hybridized carbons (Fsp3) is 0. The molecule has 0 fully saturated rings. The molecule has 0 atom stereocenters. The van der Waals surface area contributed by atoms with E-state index >= 15 is 0 Å². The highest BCUT2D eigenvalue weighted by Crippen LogP contribution is 2.40. The van der Waals surface area contributed by atoms with Gasteiger partial charge in [-0.25, -0.2) is 4.57 Å². The van der Waals surface area contributed by atoms with Crippen LogP contribution in [0.4, 0.5) is 0 Å². The predicted octanol–water partition coefficient (Wildman–Crippen LogP) is 1.91. The van der Waals surface area contributed by atoms with Gasteiger partial charge in [-0.05, 0) is 5.57 Å². The summed E-state index contributed by atoms with van der Waals surface area (Å²) in [6, 6.07) is 0. The van der Waals surface area contributed by atoms with E-state index in [-0.39, 0.29) is 11.3 Å². The minimum Gasteiger partial charge on any atom is -0.404 e. The molecule has 2 N–H and O–H groups in total. The van der Waals surface area contributed by atoms with Gasteiger partial charge in [-0.2, -0.15) is 0 Å². The van der Waals surface area contributed by atoms with Gasteiger partial charge in [0.25, 0.3) is 0 Å². The Labute approximate surface area is 76.8 Å². The average molecular weight is 202 g/mol. The van der Waals surface area contributed by atoms with Crippen LogP contribution < -0.4 is 0 Å². The zero-order chi connectivity index (χ0) is 10.6. The van der Waals surface area contributed by atoms with E-state index in [2.05, 4.69) is 30.8 Å². The van der Waals surface area contributed by atoms with Crippen LogP contribution in [0.5, 0.6) is 0 Å². The Morgan fingerprint density at radius 1 is 1.31 bits per heavy atom. The molecule has 0 aliphatic rings. The van der Waals surface area contributed by atoms with Crippen LogP contribution in [0.2, 0.25) is 0 Å². The number of phosphoric ester groups is 1. The zero-order valence-corrected chi connectivity index (χ0v) is 7.96. The number of phosphoric acid groups is 1. The summed E-state index contributed by atoms with van der Waals surface area (Å²) in [5.41, 5.74) is 0.608. The summed E-state index contributed by atoms with van der Waals surface area (Å²) in [4.78, 5) is 16.8. The van der Waals surface area contributed by atoms with Gasteiger partial charge in [0.1, 0.15) is 5.76 Å². The van der Waals surface area contributed by atoms with Crippen molar-refractivity contribution in [3.8, 4) is 0 Å². The quantitative estimate of drug-likeness (QED) is 0.406. The molecule has 0 saturated carbocycles. The average Bonchev–Trinajstić information content (AvgIpc) is 1.98. The second-order valence-electron chi connectivity index (χ2n) is 2.21. The van der Waals surface area contributed by atoms with Gasteiger partial charge >= 0.3 is 7.82 Å². The summed E-state index contributed by atoms with van der Waals surface area (Å²) in [6.45, 7) is 13.7. The minimum atomic E-state index is -4.56. The molecule has 13 heavy (non-hydrogen) atoms. The predicted molar refractivity (Wildman–Crippen MR) is 50.7 cm³/mol. The molecule has 0 radical (unpaired) electrons. The van der Waals surface area contributed by atoms with Gasteiger partial charge in [-0.3, -0.25) is 9.79 Å². The van der Waals surface area contributed by atoms with Crippen molar-refractivity contribution in [1.29, 1.82) is 0 Å². The Morgan fingerprint density at radius 3 is 2.08 bits per heavy atom. The van der Waals surface area contributed by atoms with Gasteiger partial charge in [-0.1, -0.05) is 32.4 Å². The fourth-order valence-electron chi connectivity index (χ4n) is 0.501. The third-order valence-electron chi connectivity index (χ3n) is 1.20. The molecule has 0 spiro atoms. The molecule has 0 aromatic heterocycles. The van der Waals surface area contributed by atoms with Crippen molar-refractivity contribution in [2.75, 3.05) is 0 Å². The van der Waals surface area contributed by atoms with Crippen LogP contribution in [-0.2, 0) is 9.09 Å². The maximum atomic E-state index is 10.4. The first-order chi connectivity index (χ1) is 5.78. The molecule has 0 saturated heterocycles. The molecule has 4 nitrogen and oxygen atoms in total. The molecule has 0 aliphatic heterocycles. The molecule has 0 aliphatic carbocycles. The molecule has 0 rings (SSSR count). The van der Waals surface area contributed by atoms with Crippen molar-refractivity contribution in [2.45, 2.75) is 0 Å². The Bertz CT molecular complexity index is 310. The minimum absolute atomic E-state index is 0.207. The Balaban J connectivity index is 4.47. The Morgan fingerprint density at radius 2 is 1.77 bits per heavy atom. The maximum absolute atomic E-state index is 10.4. The van der Waals surface area contributed by atoms with Gasteiger partial charge in [-0.15, -0.1) is 0 Å². The van der Waals surface area contributed by atoms with Crippen LogP contribution >= 0.6 is 7.82 Å². The third kappa shape index (κ3) is 4.48. The smallest absolute Gasteiger partial charge is 0.404 e.